The number of benzene rings is 1. The molecule has 0 bridgehead atoms. The van der Waals surface area contributed by atoms with Crippen molar-refractivity contribution >= 4 is 11.7 Å². The van der Waals surface area contributed by atoms with Gasteiger partial charge in [-0.15, -0.1) is 0 Å². The number of hydrogen-bond acceptors (Lipinski definition) is 2. The van der Waals surface area contributed by atoms with Crippen LogP contribution in [0.4, 0.5) is 0 Å². The molecule has 0 radical (unpaired) electrons. The van der Waals surface area contributed by atoms with E-state index in [0.717, 1.165) is 12.8 Å². The van der Waals surface area contributed by atoms with Gasteiger partial charge in [0.25, 0.3) is 0 Å². The third kappa shape index (κ3) is 4.51. The lowest BCUT2D eigenvalue weighted by molar-refractivity contribution is -0.121. The summed E-state index contributed by atoms with van der Waals surface area (Å²) in [5, 5.41) is 3.03. The standard InChI is InChI=1S/C16H21NO2/c18-15(13-7-3-1-4-8-13)11-12-16(19)17-14-9-5-2-6-10-14/h1,3-4,7-8,14H,2,5-6,9-12H2,(H,17,19). The molecule has 1 aliphatic rings. The van der Waals surface area contributed by atoms with Gasteiger partial charge in [-0.1, -0.05) is 49.6 Å². The second kappa shape index (κ2) is 7.07. The molecule has 1 aromatic carbocycles. The molecule has 1 N–H and O–H groups in total. The van der Waals surface area contributed by atoms with Crippen molar-refractivity contribution in [2.45, 2.75) is 51.0 Å². The predicted octanol–water partition coefficient (Wildman–Crippen LogP) is 3.10. The summed E-state index contributed by atoms with van der Waals surface area (Å²) >= 11 is 0. The Bertz CT molecular complexity index is 422. The Balaban J connectivity index is 1.72. The van der Waals surface area contributed by atoms with Gasteiger partial charge in [-0.2, -0.15) is 0 Å². The second-order valence-electron chi connectivity index (χ2n) is 5.19. The van der Waals surface area contributed by atoms with Crippen molar-refractivity contribution in [3.63, 3.8) is 0 Å². The maximum absolute atomic E-state index is 11.9. The molecule has 3 nitrogen and oxygen atoms in total. The minimum Gasteiger partial charge on any atom is -0.353 e. The first-order valence-corrected chi connectivity index (χ1v) is 7.13. The van der Waals surface area contributed by atoms with Crippen molar-refractivity contribution in [1.29, 1.82) is 0 Å². The smallest absolute Gasteiger partial charge is 0.220 e. The molecular formula is C16H21NO2. The van der Waals surface area contributed by atoms with Crippen LogP contribution < -0.4 is 5.32 Å². The summed E-state index contributed by atoms with van der Waals surface area (Å²) in [4.78, 5) is 23.6. The molecule has 1 aliphatic carbocycles. The molecule has 1 fully saturated rings. The van der Waals surface area contributed by atoms with E-state index in [0.29, 0.717) is 24.4 Å². The molecule has 0 heterocycles. The number of ketones is 1. The van der Waals surface area contributed by atoms with Crippen LogP contribution in [0.2, 0.25) is 0 Å². The highest BCUT2D eigenvalue weighted by Gasteiger charge is 2.16. The minimum absolute atomic E-state index is 0.0104. The van der Waals surface area contributed by atoms with E-state index >= 15 is 0 Å². The highest BCUT2D eigenvalue weighted by molar-refractivity contribution is 5.97. The summed E-state index contributed by atoms with van der Waals surface area (Å²) in [6.45, 7) is 0. The molecule has 1 amide bonds. The van der Waals surface area contributed by atoms with Crippen molar-refractivity contribution in [2.75, 3.05) is 0 Å². The summed E-state index contributed by atoms with van der Waals surface area (Å²) in [7, 11) is 0. The SMILES string of the molecule is O=C(CCC(=O)c1ccccc1)NC1CCCCC1. The maximum Gasteiger partial charge on any atom is 0.220 e. The van der Waals surface area contributed by atoms with E-state index < -0.39 is 0 Å². The fraction of sp³-hybridized carbons (Fsp3) is 0.500. The molecule has 2 rings (SSSR count). The van der Waals surface area contributed by atoms with Crippen LogP contribution in [0.5, 0.6) is 0 Å². The molecule has 102 valence electrons. The summed E-state index contributed by atoms with van der Waals surface area (Å²) < 4.78 is 0. The Hall–Kier alpha value is -1.64. The molecule has 0 spiro atoms. The first-order valence-electron chi connectivity index (χ1n) is 7.13. The average molecular weight is 259 g/mol. The Morgan fingerprint density at radius 1 is 1.00 bits per heavy atom. The van der Waals surface area contributed by atoms with Gasteiger partial charge in [-0.25, -0.2) is 0 Å². The molecule has 0 saturated heterocycles. The summed E-state index contributed by atoms with van der Waals surface area (Å²) in [5.74, 6) is 0.0515. The topological polar surface area (TPSA) is 46.2 Å². The van der Waals surface area contributed by atoms with Gasteiger partial charge < -0.3 is 5.32 Å². The van der Waals surface area contributed by atoms with E-state index in [-0.39, 0.29) is 11.7 Å². The second-order valence-corrected chi connectivity index (χ2v) is 5.19. The number of amides is 1. The van der Waals surface area contributed by atoms with E-state index in [4.69, 9.17) is 0 Å². The van der Waals surface area contributed by atoms with Gasteiger partial charge >= 0.3 is 0 Å². The van der Waals surface area contributed by atoms with Crippen molar-refractivity contribution in [1.82, 2.24) is 5.32 Å². The number of Topliss-reactive ketones (excluding diaryl/α,β-unsaturated/α-hetero) is 1. The third-order valence-electron chi connectivity index (χ3n) is 3.65. The van der Waals surface area contributed by atoms with Crippen LogP contribution in [0.15, 0.2) is 30.3 Å². The van der Waals surface area contributed by atoms with Crippen LogP contribution in [0, 0.1) is 0 Å². The first-order chi connectivity index (χ1) is 9.25. The van der Waals surface area contributed by atoms with Crippen molar-refractivity contribution in [3.8, 4) is 0 Å². The zero-order valence-electron chi connectivity index (χ0n) is 11.2. The van der Waals surface area contributed by atoms with Crippen LogP contribution in [0.1, 0.15) is 55.3 Å². The van der Waals surface area contributed by atoms with E-state index in [1.54, 1.807) is 12.1 Å². The Morgan fingerprint density at radius 2 is 1.68 bits per heavy atom. The van der Waals surface area contributed by atoms with Gasteiger partial charge in [0.05, 0.1) is 0 Å². The van der Waals surface area contributed by atoms with E-state index in [1.165, 1.54) is 19.3 Å². The molecule has 0 unspecified atom stereocenters. The lowest BCUT2D eigenvalue weighted by Gasteiger charge is -2.22. The molecule has 0 aromatic heterocycles. The molecule has 1 aromatic rings. The number of carbonyl (C=O) groups is 2. The third-order valence-corrected chi connectivity index (χ3v) is 3.65. The zero-order chi connectivity index (χ0) is 13.5. The zero-order valence-corrected chi connectivity index (χ0v) is 11.2. The highest BCUT2D eigenvalue weighted by atomic mass is 16.2. The number of carbonyl (C=O) groups excluding carboxylic acids is 2. The van der Waals surface area contributed by atoms with Gasteiger partial charge in [0.1, 0.15) is 0 Å². The van der Waals surface area contributed by atoms with Gasteiger partial charge in [0, 0.05) is 24.4 Å². The van der Waals surface area contributed by atoms with Gasteiger partial charge in [-0.05, 0) is 12.8 Å². The molecule has 19 heavy (non-hydrogen) atoms. The fourth-order valence-corrected chi connectivity index (χ4v) is 2.54. The highest BCUT2D eigenvalue weighted by Crippen LogP contribution is 2.17. The van der Waals surface area contributed by atoms with Gasteiger partial charge in [-0.3, -0.25) is 9.59 Å². The van der Waals surface area contributed by atoms with Gasteiger partial charge in [0.2, 0.25) is 5.91 Å². The quantitative estimate of drug-likeness (QED) is 0.826. The normalized spacial score (nSPS) is 16.0. The predicted molar refractivity (Wildman–Crippen MR) is 75.0 cm³/mol. The molecule has 0 aliphatic heterocycles. The summed E-state index contributed by atoms with van der Waals surface area (Å²) in [6, 6.07) is 9.48. The summed E-state index contributed by atoms with van der Waals surface area (Å²) in [6.07, 6.45) is 6.43. The average Bonchev–Trinajstić information content (AvgIpc) is 2.47. The number of nitrogens with one attached hydrogen (secondary N) is 1. The van der Waals surface area contributed by atoms with E-state index in [2.05, 4.69) is 5.32 Å². The van der Waals surface area contributed by atoms with Crippen LogP contribution in [-0.4, -0.2) is 17.7 Å². The van der Waals surface area contributed by atoms with Gasteiger partial charge in [0.15, 0.2) is 5.78 Å². The van der Waals surface area contributed by atoms with Crippen molar-refractivity contribution < 1.29 is 9.59 Å². The van der Waals surface area contributed by atoms with Crippen molar-refractivity contribution in [2.24, 2.45) is 0 Å². The molecule has 3 heteroatoms. The van der Waals surface area contributed by atoms with Crippen LogP contribution >= 0.6 is 0 Å². The van der Waals surface area contributed by atoms with Crippen LogP contribution in [0.3, 0.4) is 0 Å². The summed E-state index contributed by atoms with van der Waals surface area (Å²) in [5.41, 5.74) is 0.688. The van der Waals surface area contributed by atoms with Crippen LogP contribution in [-0.2, 0) is 4.79 Å². The lowest BCUT2D eigenvalue weighted by Crippen LogP contribution is -2.36. The monoisotopic (exact) mass is 259 g/mol. The first kappa shape index (κ1) is 13.8. The Morgan fingerprint density at radius 3 is 2.37 bits per heavy atom. The molecule has 1 saturated carbocycles. The van der Waals surface area contributed by atoms with E-state index in [9.17, 15) is 9.59 Å². The number of rotatable bonds is 5. The molecular weight excluding hydrogens is 238 g/mol. The molecule has 0 atom stereocenters. The maximum atomic E-state index is 11.9. The van der Waals surface area contributed by atoms with E-state index in [1.807, 2.05) is 18.2 Å². The lowest BCUT2D eigenvalue weighted by atomic mass is 9.95. The van der Waals surface area contributed by atoms with Crippen LogP contribution in [0.25, 0.3) is 0 Å². The Kier molecular flexibility index (Phi) is 5.13. The minimum atomic E-state index is 0.0104. The number of hydrogen-bond donors (Lipinski definition) is 1. The largest absolute Gasteiger partial charge is 0.353 e. The fourth-order valence-electron chi connectivity index (χ4n) is 2.54. The Labute approximate surface area is 114 Å². The van der Waals surface area contributed by atoms with Crippen molar-refractivity contribution in [3.05, 3.63) is 35.9 Å².